The van der Waals surface area contributed by atoms with E-state index in [1.54, 1.807) is 6.08 Å². The molecule has 0 atom stereocenters. The molecule has 0 aromatic carbocycles. The van der Waals surface area contributed by atoms with Crippen molar-refractivity contribution in [3.63, 3.8) is 0 Å². The summed E-state index contributed by atoms with van der Waals surface area (Å²) in [4.78, 5) is 0. The van der Waals surface area contributed by atoms with Gasteiger partial charge in [0, 0.05) is 0 Å². The third-order valence-electron chi connectivity index (χ3n) is 0.374. The highest BCUT2D eigenvalue weighted by molar-refractivity contribution is 6.22. The lowest BCUT2D eigenvalue weighted by Gasteiger charge is -1.93. The topological polar surface area (TPSA) is 18.5 Å². The molecule has 0 spiro atoms. The fourth-order valence-electron chi connectivity index (χ4n) is 0.157. The summed E-state index contributed by atoms with van der Waals surface area (Å²) >= 11 is 5.16. The van der Waals surface area contributed by atoms with Gasteiger partial charge < -0.3 is 8.85 Å². The second kappa shape index (κ2) is 7.17. The molecular formula is C4H7ClO2Si. The van der Waals surface area contributed by atoms with Crippen molar-refractivity contribution in [2.24, 2.45) is 0 Å². The van der Waals surface area contributed by atoms with Gasteiger partial charge in [0.05, 0.1) is 6.61 Å². The predicted molar refractivity (Wildman–Crippen MR) is 33.7 cm³/mol. The normalized spacial score (nSPS) is 9.12. The van der Waals surface area contributed by atoms with E-state index < -0.39 is 0 Å². The molecule has 2 radical (unpaired) electrons. The maximum atomic E-state index is 5.16. The molecule has 0 aliphatic rings. The van der Waals surface area contributed by atoms with Crippen molar-refractivity contribution in [2.45, 2.75) is 0 Å². The molecule has 0 aliphatic carbocycles. The molecular weight excluding hydrogens is 144 g/mol. The third kappa shape index (κ3) is 6.17. The van der Waals surface area contributed by atoms with Crippen LogP contribution in [0.15, 0.2) is 12.7 Å². The maximum Gasteiger partial charge on any atom is 0.434 e. The van der Waals surface area contributed by atoms with Gasteiger partial charge in [0.1, 0.15) is 6.07 Å². The van der Waals surface area contributed by atoms with Crippen LogP contribution >= 0.6 is 11.6 Å². The van der Waals surface area contributed by atoms with E-state index in [9.17, 15) is 0 Å². The summed E-state index contributed by atoms with van der Waals surface area (Å²) in [5.74, 6) is 0. The molecule has 46 valence electrons. The quantitative estimate of drug-likeness (QED) is 0.251. The van der Waals surface area contributed by atoms with Gasteiger partial charge in [0.25, 0.3) is 0 Å². The highest BCUT2D eigenvalue weighted by Crippen LogP contribution is 1.77. The van der Waals surface area contributed by atoms with Gasteiger partial charge in [-0.05, 0) is 0 Å². The average molecular weight is 151 g/mol. The number of halogens is 1. The van der Waals surface area contributed by atoms with E-state index in [0.29, 0.717) is 6.61 Å². The summed E-state index contributed by atoms with van der Waals surface area (Å²) < 4.78 is 9.49. The molecule has 0 aliphatic heterocycles. The molecule has 2 nitrogen and oxygen atoms in total. The minimum absolute atomic E-state index is 0.0359. The van der Waals surface area contributed by atoms with Gasteiger partial charge >= 0.3 is 10.0 Å². The maximum absolute atomic E-state index is 5.16. The Balaban J connectivity index is 2.62. The Morgan fingerprint density at radius 1 is 1.62 bits per heavy atom. The molecule has 4 heteroatoms. The Labute approximate surface area is 56.5 Å². The molecule has 0 saturated heterocycles. The van der Waals surface area contributed by atoms with E-state index >= 15 is 0 Å². The Morgan fingerprint density at radius 2 is 2.38 bits per heavy atom. The lowest BCUT2D eigenvalue weighted by molar-refractivity contribution is 0.272. The molecule has 0 N–H and O–H groups in total. The zero-order valence-corrected chi connectivity index (χ0v) is 6.15. The lowest BCUT2D eigenvalue weighted by atomic mass is 10.7. The predicted octanol–water partition coefficient (Wildman–Crippen LogP) is 0.936. The van der Waals surface area contributed by atoms with Crippen LogP contribution < -0.4 is 0 Å². The van der Waals surface area contributed by atoms with E-state index in [4.69, 9.17) is 16.0 Å². The highest BCUT2D eigenvalue weighted by atomic mass is 35.5. The fourth-order valence-corrected chi connectivity index (χ4v) is 0.604. The van der Waals surface area contributed by atoms with Gasteiger partial charge in [-0.1, -0.05) is 17.7 Å². The number of hydrogen-bond donors (Lipinski definition) is 0. The van der Waals surface area contributed by atoms with Crippen molar-refractivity contribution in [2.75, 3.05) is 12.7 Å². The Hall–Kier alpha value is 0.167. The summed E-state index contributed by atoms with van der Waals surface area (Å²) in [5, 5.41) is 0. The summed E-state index contributed by atoms with van der Waals surface area (Å²) in [6.45, 7) is 3.97. The van der Waals surface area contributed by atoms with E-state index in [0.717, 1.165) is 0 Å². The highest BCUT2D eigenvalue weighted by Gasteiger charge is 1.86. The molecule has 0 bridgehead atoms. The van der Waals surface area contributed by atoms with Crippen molar-refractivity contribution >= 4 is 21.6 Å². The van der Waals surface area contributed by atoms with Crippen molar-refractivity contribution in [3.05, 3.63) is 12.7 Å². The van der Waals surface area contributed by atoms with Crippen LogP contribution in [0.2, 0.25) is 0 Å². The van der Waals surface area contributed by atoms with Gasteiger partial charge in [-0.15, -0.1) is 6.58 Å². The van der Waals surface area contributed by atoms with Crippen molar-refractivity contribution in [1.82, 2.24) is 0 Å². The molecule has 0 saturated carbocycles. The number of rotatable bonds is 5. The van der Waals surface area contributed by atoms with Gasteiger partial charge in [-0.2, -0.15) is 0 Å². The number of hydrogen-bond acceptors (Lipinski definition) is 2. The first-order valence-electron chi connectivity index (χ1n) is 2.07. The molecule has 0 aromatic heterocycles. The fraction of sp³-hybridized carbons (Fsp3) is 0.500. The van der Waals surface area contributed by atoms with Gasteiger partial charge in [0.15, 0.2) is 0 Å². The smallest absolute Gasteiger partial charge is 0.389 e. The first kappa shape index (κ1) is 8.17. The molecule has 0 unspecified atom stereocenters. The second-order valence-electron chi connectivity index (χ2n) is 0.936. The monoisotopic (exact) mass is 150 g/mol. The SMILES string of the molecule is C=CCO[Si]OCCl. The van der Waals surface area contributed by atoms with Crippen molar-refractivity contribution < 1.29 is 8.85 Å². The molecule has 0 heterocycles. The molecule has 0 amide bonds. The number of alkyl halides is 1. The molecule has 0 rings (SSSR count). The molecule has 8 heavy (non-hydrogen) atoms. The largest absolute Gasteiger partial charge is 0.434 e. The van der Waals surface area contributed by atoms with Crippen molar-refractivity contribution in [3.8, 4) is 0 Å². The van der Waals surface area contributed by atoms with Crippen LogP contribution in [-0.2, 0) is 8.85 Å². The molecule has 0 fully saturated rings. The summed E-state index contributed by atoms with van der Waals surface area (Å²) in [7, 11) is 0.0359. The van der Waals surface area contributed by atoms with E-state index in [2.05, 4.69) is 11.0 Å². The minimum atomic E-state index is 0.0359. The van der Waals surface area contributed by atoms with Crippen LogP contribution in [0.4, 0.5) is 0 Å². The Kier molecular flexibility index (Phi) is 7.32. The van der Waals surface area contributed by atoms with E-state index in [1.165, 1.54) is 0 Å². The lowest BCUT2D eigenvalue weighted by Crippen LogP contribution is -2.02. The summed E-state index contributed by atoms with van der Waals surface area (Å²) in [5.41, 5.74) is 0. The van der Waals surface area contributed by atoms with Crippen molar-refractivity contribution in [1.29, 1.82) is 0 Å². The van der Waals surface area contributed by atoms with Crippen LogP contribution in [-0.4, -0.2) is 22.7 Å². The standard InChI is InChI=1S/C4H7ClO2Si/c1-2-3-6-8-7-4-5/h2H,1,3-4H2. The average Bonchev–Trinajstić information content (AvgIpc) is 1.81. The van der Waals surface area contributed by atoms with Crippen LogP contribution in [0, 0.1) is 0 Å². The zero-order valence-electron chi connectivity index (χ0n) is 4.39. The summed E-state index contributed by atoms with van der Waals surface area (Å²) in [6, 6.07) is 0.190. The zero-order chi connectivity index (χ0) is 6.24. The first-order chi connectivity index (χ1) is 3.91. The van der Waals surface area contributed by atoms with E-state index in [-0.39, 0.29) is 16.1 Å². The van der Waals surface area contributed by atoms with Crippen LogP contribution in [0.1, 0.15) is 0 Å². The Morgan fingerprint density at radius 3 is 2.88 bits per heavy atom. The van der Waals surface area contributed by atoms with Gasteiger partial charge in [-0.25, -0.2) is 0 Å². The van der Waals surface area contributed by atoms with Crippen LogP contribution in [0.25, 0.3) is 0 Å². The molecule has 0 aromatic rings. The first-order valence-corrected chi connectivity index (χ1v) is 3.42. The minimum Gasteiger partial charge on any atom is -0.389 e. The Bertz CT molecular complexity index is 60.0. The van der Waals surface area contributed by atoms with Gasteiger partial charge in [0.2, 0.25) is 0 Å². The van der Waals surface area contributed by atoms with Crippen LogP contribution in [0.5, 0.6) is 0 Å². The summed E-state index contributed by atoms with van der Waals surface area (Å²) in [6.07, 6.45) is 1.66. The van der Waals surface area contributed by atoms with E-state index in [1.807, 2.05) is 0 Å². The second-order valence-corrected chi connectivity index (χ2v) is 1.90. The third-order valence-corrected chi connectivity index (χ3v) is 1.21. The van der Waals surface area contributed by atoms with Crippen LogP contribution in [0.3, 0.4) is 0 Å². The van der Waals surface area contributed by atoms with Gasteiger partial charge in [-0.3, -0.25) is 0 Å².